The standard InChI is InChI=1S/C8H12N2O2/c1-9-5-3-8(12)6(10-2)4-7(5)11/h3-4,9-12H,1-2H3. The molecule has 0 aliphatic heterocycles. The van der Waals surface area contributed by atoms with Crippen molar-refractivity contribution in [3.05, 3.63) is 12.1 Å². The van der Waals surface area contributed by atoms with Crippen LogP contribution in [0.15, 0.2) is 12.1 Å². The summed E-state index contributed by atoms with van der Waals surface area (Å²) in [4.78, 5) is 0. The Hall–Kier alpha value is -1.58. The van der Waals surface area contributed by atoms with Gasteiger partial charge in [0, 0.05) is 26.2 Å². The van der Waals surface area contributed by atoms with Gasteiger partial charge in [0.05, 0.1) is 11.4 Å². The lowest BCUT2D eigenvalue weighted by Gasteiger charge is -2.08. The lowest BCUT2D eigenvalue weighted by Crippen LogP contribution is -1.92. The van der Waals surface area contributed by atoms with Crippen LogP contribution in [0.2, 0.25) is 0 Å². The maximum absolute atomic E-state index is 9.33. The number of phenols is 2. The predicted molar refractivity (Wildman–Crippen MR) is 48.9 cm³/mol. The smallest absolute Gasteiger partial charge is 0.140 e. The number of aromatic hydroxyl groups is 2. The van der Waals surface area contributed by atoms with E-state index in [1.807, 2.05) is 0 Å². The Morgan fingerprint density at radius 3 is 1.50 bits per heavy atom. The zero-order valence-corrected chi connectivity index (χ0v) is 7.05. The Kier molecular flexibility index (Phi) is 2.28. The first-order valence-corrected chi connectivity index (χ1v) is 3.60. The predicted octanol–water partition coefficient (Wildman–Crippen LogP) is 1.18. The molecule has 66 valence electrons. The lowest BCUT2D eigenvalue weighted by atomic mass is 10.2. The van der Waals surface area contributed by atoms with Crippen molar-refractivity contribution in [3.63, 3.8) is 0 Å². The van der Waals surface area contributed by atoms with Gasteiger partial charge < -0.3 is 20.8 Å². The van der Waals surface area contributed by atoms with E-state index in [9.17, 15) is 10.2 Å². The molecule has 0 heterocycles. The highest BCUT2D eigenvalue weighted by Crippen LogP contribution is 2.33. The first-order chi connectivity index (χ1) is 5.69. The summed E-state index contributed by atoms with van der Waals surface area (Å²) in [5.41, 5.74) is 1.01. The van der Waals surface area contributed by atoms with E-state index >= 15 is 0 Å². The van der Waals surface area contributed by atoms with Crippen LogP contribution >= 0.6 is 0 Å². The van der Waals surface area contributed by atoms with Crippen molar-refractivity contribution in [2.24, 2.45) is 0 Å². The number of nitrogens with one attached hydrogen (secondary N) is 2. The second kappa shape index (κ2) is 3.21. The molecule has 12 heavy (non-hydrogen) atoms. The van der Waals surface area contributed by atoms with Gasteiger partial charge in [-0.2, -0.15) is 0 Å². The maximum Gasteiger partial charge on any atom is 0.140 e. The Balaban J connectivity index is 3.16. The van der Waals surface area contributed by atoms with Crippen LogP contribution in [0.5, 0.6) is 11.5 Å². The van der Waals surface area contributed by atoms with E-state index in [0.717, 1.165) is 0 Å². The van der Waals surface area contributed by atoms with Crippen LogP contribution in [0.1, 0.15) is 0 Å². The molecule has 0 atom stereocenters. The van der Waals surface area contributed by atoms with Crippen molar-refractivity contribution in [3.8, 4) is 11.5 Å². The summed E-state index contributed by atoms with van der Waals surface area (Å²) in [6, 6.07) is 2.92. The van der Waals surface area contributed by atoms with E-state index in [1.165, 1.54) is 12.1 Å². The first-order valence-electron chi connectivity index (χ1n) is 3.60. The second-order valence-corrected chi connectivity index (χ2v) is 2.39. The number of benzene rings is 1. The molecule has 4 heteroatoms. The van der Waals surface area contributed by atoms with Crippen LogP contribution in [0, 0.1) is 0 Å². The van der Waals surface area contributed by atoms with E-state index in [4.69, 9.17) is 0 Å². The van der Waals surface area contributed by atoms with Crippen LogP contribution in [0.25, 0.3) is 0 Å². The average Bonchev–Trinajstić information content (AvgIpc) is 2.08. The maximum atomic E-state index is 9.33. The van der Waals surface area contributed by atoms with Crippen LogP contribution in [0.3, 0.4) is 0 Å². The zero-order chi connectivity index (χ0) is 9.14. The molecule has 1 rings (SSSR count). The molecule has 0 radical (unpaired) electrons. The highest BCUT2D eigenvalue weighted by Gasteiger charge is 2.05. The molecule has 0 aliphatic rings. The quantitative estimate of drug-likeness (QED) is 0.395. The van der Waals surface area contributed by atoms with Crippen LogP contribution < -0.4 is 10.6 Å². The molecule has 4 nitrogen and oxygen atoms in total. The molecule has 1 aromatic carbocycles. The van der Waals surface area contributed by atoms with Gasteiger partial charge in [0.25, 0.3) is 0 Å². The molecule has 0 amide bonds. The topological polar surface area (TPSA) is 64.5 Å². The molecule has 0 aromatic heterocycles. The molecule has 0 aliphatic carbocycles. The minimum absolute atomic E-state index is 0.111. The van der Waals surface area contributed by atoms with E-state index < -0.39 is 0 Å². The Morgan fingerprint density at radius 1 is 0.917 bits per heavy atom. The van der Waals surface area contributed by atoms with Gasteiger partial charge in [0.15, 0.2) is 0 Å². The average molecular weight is 168 g/mol. The number of rotatable bonds is 2. The van der Waals surface area contributed by atoms with Gasteiger partial charge >= 0.3 is 0 Å². The Labute approximate surface area is 70.8 Å². The van der Waals surface area contributed by atoms with Crippen molar-refractivity contribution in [2.45, 2.75) is 0 Å². The first kappa shape index (κ1) is 8.52. The third-order valence-corrected chi connectivity index (χ3v) is 1.65. The third-order valence-electron chi connectivity index (χ3n) is 1.65. The normalized spacial score (nSPS) is 9.50. The second-order valence-electron chi connectivity index (χ2n) is 2.39. The highest BCUT2D eigenvalue weighted by atomic mass is 16.3. The van der Waals surface area contributed by atoms with E-state index in [2.05, 4.69) is 10.6 Å². The van der Waals surface area contributed by atoms with Crippen molar-refractivity contribution in [2.75, 3.05) is 24.7 Å². The van der Waals surface area contributed by atoms with E-state index in [-0.39, 0.29) is 11.5 Å². The van der Waals surface area contributed by atoms with Crippen LogP contribution in [-0.2, 0) is 0 Å². The number of anilines is 2. The van der Waals surface area contributed by atoms with Crippen molar-refractivity contribution < 1.29 is 10.2 Å². The van der Waals surface area contributed by atoms with Gasteiger partial charge in [-0.05, 0) is 0 Å². The molecule has 0 spiro atoms. The molecule has 0 fully saturated rings. The van der Waals surface area contributed by atoms with Crippen LogP contribution in [-0.4, -0.2) is 24.3 Å². The Bertz CT molecular complexity index is 257. The fourth-order valence-electron chi connectivity index (χ4n) is 0.977. The van der Waals surface area contributed by atoms with Gasteiger partial charge in [-0.25, -0.2) is 0 Å². The van der Waals surface area contributed by atoms with Gasteiger partial charge in [-0.15, -0.1) is 0 Å². The molecule has 0 saturated carbocycles. The molecule has 0 bridgehead atoms. The van der Waals surface area contributed by atoms with Gasteiger partial charge in [-0.3, -0.25) is 0 Å². The van der Waals surface area contributed by atoms with Crippen molar-refractivity contribution in [1.82, 2.24) is 0 Å². The molecular weight excluding hydrogens is 156 g/mol. The fourth-order valence-corrected chi connectivity index (χ4v) is 0.977. The van der Waals surface area contributed by atoms with Gasteiger partial charge in [0.1, 0.15) is 11.5 Å². The molecule has 4 N–H and O–H groups in total. The molecule has 1 aromatic rings. The summed E-state index contributed by atoms with van der Waals surface area (Å²) in [6.07, 6.45) is 0. The van der Waals surface area contributed by atoms with Gasteiger partial charge in [0.2, 0.25) is 0 Å². The number of phenolic OH excluding ortho intramolecular Hbond substituents is 2. The minimum atomic E-state index is 0.111. The van der Waals surface area contributed by atoms with Gasteiger partial charge in [-0.1, -0.05) is 0 Å². The third kappa shape index (κ3) is 1.37. The van der Waals surface area contributed by atoms with Crippen LogP contribution in [0.4, 0.5) is 11.4 Å². The largest absolute Gasteiger partial charge is 0.506 e. The van der Waals surface area contributed by atoms with E-state index in [0.29, 0.717) is 11.4 Å². The SMILES string of the molecule is CNc1cc(O)c(NC)cc1O. The number of hydrogen-bond acceptors (Lipinski definition) is 4. The summed E-state index contributed by atoms with van der Waals surface area (Å²) >= 11 is 0. The Morgan fingerprint density at radius 2 is 1.25 bits per heavy atom. The number of hydrogen-bond donors (Lipinski definition) is 4. The summed E-state index contributed by atoms with van der Waals surface area (Å²) in [5, 5.41) is 24.2. The summed E-state index contributed by atoms with van der Waals surface area (Å²) in [5.74, 6) is 0.222. The van der Waals surface area contributed by atoms with E-state index in [1.54, 1.807) is 14.1 Å². The minimum Gasteiger partial charge on any atom is -0.506 e. The molecule has 0 saturated heterocycles. The lowest BCUT2D eigenvalue weighted by molar-refractivity contribution is 0.464. The molecular formula is C8H12N2O2. The zero-order valence-electron chi connectivity index (χ0n) is 7.05. The summed E-state index contributed by atoms with van der Waals surface area (Å²) in [7, 11) is 3.35. The summed E-state index contributed by atoms with van der Waals surface area (Å²) < 4.78 is 0. The molecule has 0 unspecified atom stereocenters. The van der Waals surface area contributed by atoms with Crippen molar-refractivity contribution in [1.29, 1.82) is 0 Å². The summed E-state index contributed by atoms with van der Waals surface area (Å²) in [6.45, 7) is 0. The monoisotopic (exact) mass is 168 g/mol. The highest BCUT2D eigenvalue weighted by molar-refractivity contribution is 5.69. The van der Waals surface area contributed by atoms with Crippen molar-refractivity contribution >= 4 is 11.4 Å². The fraction of sp³-hybridized carbons (Fsp3) is 0.250.